The van der Waals surface area contributed by atoms with Gasteiger partial charge in [0.1, 0.15) is 0 Å². The van der Waals surface area contributed by atoms with Crippen LogP contribution in [0.4, 0.5) is 38.0 Å². The number of ether oxygens (including phenoxy) is 1. The monoisotopic (exact) mass is 542 g/mol. The van der Waals surface area contributed by atoms with Gasteiger partial charge in [-0.2, -0.15) is 0 Å². The normalized spacial score (nSPS) is 15.0. The summed E-state index contributed by atoms with van der Waals surface area (Å²) in [5.41, 5.74) is 0.515. The van der Waals surface area contributed by atoms with E-state index in [2.05, 4.69) is 25.3 Å². The second-order valence-electron chi connectivity index (χ2n) is 7.92. The number of benzene rings is 1. The second kappa shape index (κ2) is 8.06. The van der Waals surface area contributed by atoms with Gasteiger partial charge in [-0.25, -0.2) is 0 Å². The van der Waals surface area contributed by atoms with Crippen LogP contribution >= 0.6 is 0 Å². The summed E-state index contributed by atoms with van der Waals surface area (Å²) in [5, 5.41) is 5.70. The number of hydrogen-bond acceptors (Lipinski definition) is 5. The molecule has 12 heteroatoms. The summed E-state index contributed by atoms with van der Waals surface area (Å²) in [5.74, 6) is -0.695. The SMILES string of the molecule is [CH3][Sn]([CH3])([CH3])[c]1nc(Nc2cc3c(cc2OC(F)(F)F)CNCC3)ncc1C(F)(F)F. The molecule has 2 N–H and O–H groups in total. The van der Waals surface area contributed by atoms with E-state index < -0.39 is 42.2 Å². The summed E-state index contributed by atoms with van der Waals surface area (Å²) < 4.78 is 82.8. The van der Waals surface area contributed by atoms with E-state index in [4.69, 9.17) is 0 Å². The average Bonchev–Trinajstić information content (AvgIpc) is 2.59. The Morgan fingerprint density at radius 2 is 1.77 bits per heavy atom. The quantitative estimate of drug-likeness (QED) is 0.446. The van der Waals surface area contributed by atoms with E-state index in [0.29, 0.717) is 31.3 Å². The summed E-state index contributed by atoms with van der Waals surface area (Å²) in [6.45, 7) is 1.05. The predicted molar refractivity (Wildman–Crippen MR) is 102 cm³/mol. The van der Waals surface area contributed by atoms with Crippen molar-refractivity contribution in [3.05, 3.63) is 35.0 Å². The first kappa shape index (κ1) is 22.9. The van der Waals surface area contributed by atoms with E-state index in [9.17, 15) is 26.3 Å². The number of halogens is 6. The van der Waals surface area contributed by atoms with Gasteiger partial charge in [0.15, 0.2) is 0 Å². The van der Waals surface area contributed by atoms with Crippen molar-refractivity contribution in [1.82, 2.24) is 15.3 Å². The number of alkyl halides is 6. The molecule has 0 radical (unpaired) electrons. The Bertz CT molecular complexity index is 940. The van der Waals surface area contributed by atoms with Crippen LogP contribution in [-0.2, 0) is 19.1 Å². The summed E-state index contributed by atoms with van der Waals surface area (Å²) in [6.07, 6.45) is -8.27. The number of nitrogens with zero attached hydrogens (tertiary/aromatic N) is 2. The Balaban J connectivity index is 2.05. The molecule has 3 rings (SSSR count). The molecule has 1 aliphatic heterocycles. The van der Waals surface area contributed by atoms with Gasteiger partial charge in [-0.1, -0.05) is 0 Å². The van der Waals surface area contributed by atoms with E-state index >= 15 is 0 Å². The molecule has 30 heavy (non-hydrogen) atoms. The minimum absolute atomic E-state index is 0.0530. The van der Waals surface area contributed by atoms with Crippen LogP contribution in [0.3, 0.4) is 0 Å². The number of hydrogen-bond donors (Lipinski definition) is 2. The van der Waals surface area contributed by atoms with Gasteiger partial charge in [-0.05, 0) is 0 Å². The first-order chi connectivity index (χ1) is 13.7. The third-order valence-electron chi connectivity index (χ3n) is 4.47. The maximum absolute atomic E-state index is 13.4. The van der Waals surface area contributed by atoms with Crippen molar-refractivity contribution in [1.29, 1.82) is 0 Å². The standard InChI is InChI=1S/C15H11F6N4O.3CH3.Sn/c16-14(17,18)10-6-23-13(24-7-10)25-11-3-8-1-2-22-5-9(8)4-12(11)26-15(19,20)21;;;;/h3-4,6,22H,1-2,5H2,(H,23,24,25);3*1H3;. The molecule has 0 saturated heterocycles. The first-order valence-electron chi connectivity index (χ1n) is 9.08. The number of nitrogens with one attached hydrogen (secondary N) is 2. The zero-order valence-electron chi connectivity index (χ0n) is 16.4. The number of aromatic nitrogens is 2. The van der Waals surface area contributed by atoms with E-state index in [1.807, 2.05) is 0 Å². The van der Waals surface area contributed by atoms with Crippen LogP contribution in [-0.4, -0.2) is 41.3 Å². The van der Waals surface area contributed by atoms with Crippen LogP contribution in [0.15, 0.2) is 18.3 Å². The Morgan fingerprint density at radius 1 is 1.07 bits per heavy atom. The molecule has 2 heterocycles. The summed E-state index contributed by atoms with van der Waals surface area (Å²) >= 11 is -3.34. The van der Waals surface area contributed by atoms with Gasteiger partial charge in [0.2, 0.25) is 0 Å². The van der Waals surface area contributed by atoms with Crippen LogP contribution < -0.4 is 19.1 Å². The molecule has 0 spiro atoms. The van der Waals surface area contributed by atoms with Crippen molar-refractivity contribution < 1.29 is 31.1 Å². The molecule has 1 aromatic heterocycles. The Hall–Kier alpha value is -1.76. The summed E-state index contributed by atoms with van der Waals surface area (Å²) in [4.78, 5) is 13.1. The zero-order valence-corrected chi connectivity index (χ0v) is 19.3. The average molecular weight is 541 g/mol. The molecule has 0 amide bonds. The molecular weight excluding hydrogens is 521 g/mol. The van der Waals surface area contributed by atoms with E-state index in [1.165, 1.54) is 12.1 Å². The van der Waals surface area contributed by atoms with Gasteiger partial charge in [-0.15, -0.1) is 0 Å². The van der Waals surface area contributed by atoms with E-state index in [0.717, 1.165) is 5.56 Å². The van der Waals surface area contributed by atoms with Crippen LogP contribution in [0.1, 0.15) is 16.7 Å². The van der Waals surface area contributed by atoms with Crippen LogP contribution in [0, 0.1) is 0 Å². The summed E-state index contributed by atoms with van der Waals surface area (Å²) in [6, 6.07) is 2.77. The molecule has 164 valence electrons. The molecule has 0 unspecified atom stereocenters. The van der Waals surface area contributed by atoms with Crippen LogP contribution in [0.2, 0.25) is 14.8 Å². The molecule has 0 fully saturated rings. The number of anilines is 2. The van der Waals surface area contributed by atoms with Gasteiger partial charge < -0.3 is 0 Å². The van der Waals surface area contributed by atoms with Gasteiger partial charge in [-0.3, -0.25) is 0 Å². The fourth-order valence-electron chi connectivity index (χ4n) is 3.16. The molecule has 1 aromatic carbocycles. The summed E-state index contributed by atoms with van der Waals surface area (Å²) in [7, 11) is 0. The third-order valence-corrected chi connectivity index (χ3v) is 9.61. The Morgan fingerprint density at radius 3 is 2.37 bits per heavy atom. The predicted octanol–water partition coefficient (Wildman–Crippen LogP) is 4.33. The Labute approximate surface area is 173 Å². The van der Waals surface area contributed by atoms with Crippen LogP contribution in [0.25, 0.3) is 0 Å². The van der Waals surface area contributed by atoms with Crippen molar-refractivity contribution in [3.63, 3.8) is 0 Å². The number of fused-ring (bicyclic) bond motifs is 1. The second-order valence-corrected chi connectivity index (χ2v) is 22.1. The van der Waals surface area contributed by atoms with Gasteiger partial charge in [0.25, 0.3) is 0 Å². The van der Waals surface area contributed by atoms with Crippen LogP contribution in [0.5, 0.6) is 5.75 Å². The number of rotatable bonds is 4. The van der Waals surface area contributed by atoms with Gasteiger partial charge in [0.05, 0.1) is 0 Å². The fraction of sp³-hybridized carbons (Fsp3) is 0.444. The molecule has 0 atom stereocenters. The van der Waals surface area contributed by atoms with Gasteiger partial charge >= 0.3 is 173 Å². The molecule has 0 bridgehead atoms. The van der Waals surface area contributed by atoms with Crippen molar-refractivity contribution in [2.45, 2.75) is 40.3 Å². The van der Waals surface area contributed by atoms with Crippen molar-refractivity contribution in [3.8, 4) is 5.75 Å². The third kappa shape index (κ3) is 5.48. The molecule has 0 aliphatic carbocycles. The maximum atomic E-state index is 13.4. The molecule has 0 saturated carbocycles. The van der Waals surface area contributed by atoms with E-state index in [1.54, 1.807) is 14.8 Å². The topological polar surface area (TPSA) is 59.1 Å². The van der Waals surface area contributed by atoms with Gasteiger partial charge in [0, 0.05) is 0 Å². The minimum atomic E-state index is -4.93. The van der Waals surface area contributed by atoms with Crippen molar-refractivity contribution in [2.24, 2.45) is 0 Å². The first-order valence-corrected chi connectivity index (χ1v) is 19.1. The zero-order chi connectivity index (χ0) is 22.3. The van der Waals surface area contributed by atoms with E-state index in [-0.39, 0.29) is 15.3 Å². The molecule has 1 aliphatic rings. The molecule has 2 aromatic rings. The van der Waals surface area contributed by atoms with Crippen molar-refractivity contribution >= 4 is 33.7 Å². The molecule has 5 nitrogen and oxygen atoms in total. The molecular formula is C18H20F6N4OSn. The Kier molecular flexibility index (Phi) is 6.16. The fourth-order valence-corrected chi connectivity index (χ4v) is 7.31. The van der Waals surface area contributed by atoms with Crippen molar-refractivity contribution in [2.75, 3.05) is 11.9 Å².